The summed E-state index contributed by atoms with van der Waals surface area (Å²) >= 11 is 0. The van der Waals surface area contributed by atoms with Gasteiger partial charge in [0.2, 0.25) is 5.95 Å². The molecule has 0 bridgehead atoms. The first-order valence-electron chi connectivity index (χ1n) is 5.19. The zero-order valence-electron chi connectivity index (χ0n) is 9.81. The molecule has 2 heterocycles. The number of rotatable bonds is 5. The number of halogens is 3. The van der Waals surface area contributed by atoms with Crippen molar-refractivity contribution in [3.8, 4) is 0 Å². The molecule has 2 aromatic rings. The highest BCUT2D eigenvalue weighted by atomic mass is 35.5. The maximum atomic E-state index is 13.4. The summed E-state index contributed by atoms with van der Waals surface area (Å²) in [5.41, 5.74) is 1.20. The van der Waals surface area contributed by atoms with Crippen molar-refractivity contribution in [3.05, 3.63) is 30.1 Å². The van der Waals surface area contributed by atoms with Gasteiger partial charge in [-0.3, -0.25) is 4.68 Å². The molecule has 5 nitrogen and oxygen atoms in total. The van der Waals surface area contributed by atoms with E-state index in [-0.39, 0.29) is 24.9 Å². The van der Waals surface area contributed by atoms with Crippen molar-refractivity contribution < 1.29 is 8.78 Å². The maximum Gasteiger partial charge on any atom is 0.216 e. The lowest BCUT2D eigenvalue weighted by atomic mass is 10.3. The lowest BCUT2D eigenvalue weighted by Crippen LogP contribution is -2.02. The summed E-state index contributed by atoms with van der Waals surface area (Å²) in [5, 5.41) is 10.7. The first kappa shape index (κ1) is 14.4. The third-order valence-electron chi connectivity index (χ3n) is 2.37. The molecule has 0 aliphatic heterocycles. The Kier molecular flexibility index (Phi) is 5.08. The molecular formula is C10H14ClF2N5. The van der Waals surface area contributed by atoms with Gasteiger partial charge in [-0.25, -0.2) is 9.07 Å². The minimum Gasteiger partial charge on any atom is -0.378 e. The van der Waals surface area contributed by atoms with Gasteiger partial charge in [0.05, 0.1) is 24.6 Å². The number of nitrogens with zero attached hydrogens (tertiary/aromatic N) is 4. The molecule has 0 fully saturated rings. The largest absolute Gasteiger partial charge is 0.378 e. The van der Waals surface area contributed by atoms with E-state index in [1.807, 2.05) is 0 Å². The van der Waals surface area contributed by atoms with Crippen LogP contribution in [0.5, 0.6) is 0 Å². The molecule has 0 spiro atoms. The van der Waals surface area contributed by atoms with E-state index in [0.29, 0.717) is 12.1 Å². The maximum absolute atomic E-state index is 13.4. The molecule has 0 aliphatic carbocycles. The lowest BCUT2D eigenvalue weighted by Gasteiger charge is -2.01. The van der Waals surface area contributed by atoms with Crippen LogP contribution in [0.1, 0.15) is 5.56 Å². The Morgan fingerprint density at radius 3 is 2.72 bits per heavy atom. The van der Waals surface area contributed by atoms with Crippen LogP contribution in [0, 0.1) is 5.95 Å². The quantitative estimate of drug-likeness (QED) is 0.906. The molecule has 2 rings (SSSR count). The van der Waals surface area contributed by atoms with Gasteiger partial charge < -0.3 is 5.32 Å². The van der Waals surface area contributed by atoms with E-state index in [1.165, 1.54) is 22.6 Å². The molecule has 0 saturated carbocycles. The van der Waals surface area contributed by atoms with E-state index >= 15 is 0 Å². The number of hydrogen-bond acceptors (Lipinski definition) is 3. The minimum absolute atomic E-state index is 0. The van der Waals surface area contributed by atoms with Crippen molar-refractivity contribution in [1.29, 1.82) is 0 Å². The SMILES string of the molecule is Cl.Cn1ncc(CNc2cnn(CCF)c2)c1F. The summed E-state index contributed by atoms with van der Waals surface area (Å²) < 4.78 is 28.1. The topological polar surface area (TPSA) is 47.7 Å². The first-order chi connectivity index (χ1) is 8.20. The molecule has 8 heteroatoms. The van der Waals surface area contributed by atoms with Gasteiger partial charge in [-0.05, 0) is 0 Å². The molecule has 0 saturated heterocycles. The average Bonchev–Trinajstić information content (AvgIpc) is 2.87. The lowest BCUT2D eigenvalue weighted by molar-refractivity contribution is 0.427. The van der Waals surface area contributed by atoms with Crippen LogP contribution in [0.25, 0.3) is 0 Å². The molecule has 0 aromatic carbocycles. The van der Waals surface area contributed by atoms with Crippen molar-refractivity contribution >= 4 is 18.1 Å². The number of hydrogen-bond donors (Lipinski definition) is 1. The predicted octanol–water partition coefficient (Wildman–Crippen LogP) is 1.76. The van der Waals surface area contributed by atoms with Gasteiger partial charge >= 0.3 is 0 Å². The molecule has 100 valence electrons. The summed E-state index contributed by atoms with van der Waals surface area (Å²) in [4.78, 5) is 0. The van der Waals surface area contributed by atoms with Crippen molar-refractivity contribution in [3.63, 3.8) is 0 Å². The predicted molar refractivity (Wildman–Crippen MR) is 65.9 cm³/mol. The first-order valence-corrected chi connectivity index (χ1v) is 5.19. The second-order valence-electron chi connectivity index (χ2n) is 3.62. The summed E-state index contributed by atoms with van der Waals surface area (Å²) in [6, 6.07) is 0. The van der Waals surface area contributed by atoms with Crippen LogP contribution in [0.4, 0.5) is 14.5 Å². The zero-order valence-corrected chi connectivity index (χ0v) is 10.6. The molecular weight excluding hydrogens is 264 g/mol. The second kappa shape index (κ2) is 6.34. The Morgan fingerprint density at radius 1 is 1.33 bits per heavy atom. The van der Waals surface area contributed by atoms with Crippen LogP contribution in [0.3, 0.4) is 0 Å². The Bertz CT molecular complexity index is 496. The van der Waals surface area contributed by atoms with Gasteiger partial charge in [-0.15, -0.1) is 12.4 Å². The second-order valence-corrected chi connectivity index (χ2v) is 3.62. The van der Waals surface area contributed by atoms with Gasteiger partial charge in [0.25, 0.3) is 0 Å². The van der Waals surface area contributed by atoms with Crippen LogP contribution in [0.2, 0.25) is 0 Å². The van der Waals surface area contributed by atoms with Gasteiger partial charge in [-0.1, -0.05) is 0 Å². The highest BCUT2D eigenvalue weighted by Crippen LogP contribution is 2.10. The fraction of sp³-hybridized carbons (Fsp3) is 0.400. The van der Waals surface area contributed by atoms with E-state index in [2.05, 4.69) is 15.5 Å². The van der Waals surface area contributed by atoms with Gasteiger partial charge in [0.1, 0.15) is 6.67 Å². The Labute approximate surface area is 109 Å². The van der Waals surface area contributed by atoms with E-state index in [9.17, 15) is 8.78 Å². The van der Waals surface area contributed by atoms with E-state index < -0.39 is 6.67 Å². The van der Waals surface area contributed by atoms with E-state index in [4.69, 9.17) is 0 Å². The van der Waals surface area contributed by atoms with Crippen molar-refractivity contribution in [2.45, 2.75) is 13.1 Å². The highest BCUT2D eigenvalue weighted by molar-refractivity contribution is 5.85. The van der Waals surface area contributed by atoms with Crippen LogP contribution >= 0.6 is 12.4 Å². The third-order valence-corrected chi connectivity index (χ3v) is 2.37. The molecule has 0 radical (unpaired) electrons. The summed E-state index contributed by atoms with van der Waals surface area (Å²) in [6.07, 6.45) is 4.71. The fourth-order valence-electron chi connectivity index (χ4n) is 1.45. The van der Waals surface area contributed by atoms with Crippen molar-refractivity contribution in [2.75, 3.05) is 12.0 Å². The molecule has 18 heavy (non-hydrogen) atoms. The number of aromatic nitrogens is 4. The van der Waals surface area contributed by atoms with Gasteiger partial charge in [0, 0.05) is 25.4 Å². The summed E-state index contributed by atoms with van der Waals surface area (Å²) in [6.45, 7) is 0.0856. The molecule has 1 N–H and O–H groups in total. The Balaban J connectivity index is 0.00000162. The number of anilines is 1. The molecule has 2 aromatic heterocycles. The summed E-state index contributed by atoms with van der Waals surface area (Å²) in [7, 11) is 1.54. The standard InChI is InChI=1S/C10H13F2N5.ClH/c1-16-10(12)8(5-14-16)4-13-9-6-15-17(7-9)3-2-11;/h5-7,13H,2-4H2,1H3;1H. The monoisotopic (exact) mass is 277 g/mol. The fourth-order valence-corrected chi connectivity index (χ4v) is 1.45. The average molecular weight is 278 g/mol. The minimum atomic E-state index is -0.460. The Hall–Kier alpha value is -1.63. The van der Waals surface area contributed by atoms with Crippen molar-refractivity contribution in [1.82, 2.24) is 19.6 Å². The normalized spacial score (nSPS) is 10.2. The third kappa shape index (κ3) is 3.19. The van der Waals surface area contributed by atoms with E-state index in [0.717, 1.165) is 5.69 Å². The number of alkyl halides is 1. The smallest absolute Gasteiger partial charge is 0.216 e. The van der Waals surface area contributed by atoms with Crippen molar-refractivity contribution in [2.24, 2.45) is 7.05 Å². The molecule has 0 aliphatic rings. The molecule has 0 amide bonds. The van der Waals surface area contributed by atoms with Gasteiger partial charge in [0.15, 0.2) is 0 Å². The van der Waals surface area contributed by atoms with E-state index in [1.54, 1.807) is 12.4 Å². The van der Waals surface area contributed by atoms with Crippen LogP contribution < -0.4 is 5.32 Å². The van der Waals surface area contributed by atoms with Crippen LogP contribution in [-0.4, -0.2) is 26.2 Å². The Morgan fingerprint density at radius 2 is 2.11 bits per heavy atom. The molecule has 0 atom stereocenters. The van der Waals surface area contributed by atoms with Gasteiger partial charge in [-0.2, -0.15) is 14.6 Å². The van der Waals surface area contributed by atoms with Crippen LogP contribution in [-0.2, 0) is 20.1 Å². The number of nitrogens with one attached hydrogen (secondary N) is 1. The number of aryl methyl sites for hydroxylation is 2. The summed E-state index contributed by atoms with van der Waals surface area (Å²) in [5.74, 6) is -0.367. The molecule has 0 unspecified atom stereocenters. The highest BCUT2D eigenvalue weighted by Gasteiger charge is 2.07. The zero-order chi connectivity index (χ0) is 12.3. The van der Waals surface area contributed by atoms with Crippen LogP contribution in [0.15, 0.2) is 18.6 Å².